The van der Waals surface area contributed by atoms with Gasteiger partial charge >= 0.3 is 6.09 Å². The molecule has 0 spiro atoms. The van der Waals surface area contributed by atoms with Crippen LogP contribution in [0.15, 0.2) is 42.5 Å². The lowest BCUT2D eigenvalue weighted by Gasteiger charge is -2.26. The largest absolute Gasteiger partial charge is 0.465 e. The van der Waals surface area contributed by atoms with Gasteiger partial charge in [0, 0.05) is 5.56 Å². The molecule has 0 bridgehead atoms. The summed E-state index contributed by atoms with van der Waals surface area (Å²) < 4.78 is 0. The van der Waals surface area contributed by atoms with Crippen molar-refractivity contribution in [2.24, 2.45) is 0 Å². The monoisotopic (exact) mass is 329 g/mol. The second-order valence-corrected chi connectivity index (χ2v) is 5.97. The van der Waals surface area contributed by atoms with Crippen molar-refractivity contribution >= 4 is 22.9 Å². The first-order chi connectivity index (χ1) is 11.1. The van der Waals surface area contributed by atoms with Gasteiger partial charge in [-0.15, -0.1) is 0 Å². The van der Waals surface area contributed by atoms with Gasteiger partial charge in [-0.05, 0) is 59.2 Å². The van der Waals surface area contributed by atoms with Crippen LogP contribution in [0.25, 0.3) is 11.1 Å². The van der Waals surface area contributed by atoms with Gasteiger partial charge in [0.15, 0.2) is 0 Å². The van der Waals surface area contributed by atoms with Crippen molar-refractivity contribution in [3.63, 3.8) is 0 Å². The Morgan fingerprint density at radius 2 is 1.96 bits per heavy atom. The number of amides is 1. The highest BCUT2D eigenvalue weighted by molar-refractivity contribution is 6.68. The number of carbonyl (C=O) groups is 2. The minimum Gasteiger partial charge on any atom is -0.465 e. The lowest BCUT2D eigenvalue weighted by Crippen LogP contribution is -2.29. The van der Waals surface area contributed by atoms with Crippen LogP contribution < -0.4 is 5.32 Å². The number of hydrogen-bond acceptors (Lipinski definition) is 2. The molecule has 1 aliphatic carbocycles. The maximum atomic E-state index is 11.6. The number of hydrogen-bond donors (Lipinski definition) is 2. The van der Waals surface area contributed by atoms with Gasteiger partial charge in [0.25, 0.3) is 5.24 Å². The number of carboxylic acid groups (broad SMARTS) is 1. The molecule has 0 saturated carbocycles. The highest BCUT2D eigenvalue weighted by Gasteiger charge is 2.22. The third kappa shape index (κ3) is 3.22. The molecule has 2 N–H and O–H groups in total. The van der Waals surface area contributed by atoms with Gasteiger partial charge in [-0.2, -0.15) is 0 Å². The van der Waals surface area contributed by atoms with Crippen LogP contribution in [0.5, 0.6) is 0 Å². The van der Waals surface area contributed by atoms with Gasteiger partial charge < -0.3 is 10.4 Å². The lowest BCUT2D eigenvalue weighted by atomic mass is 9.85. The number of nitrogens with one attached hydrogen (secondary N) is 1. The predicted octanol–water partition coefficient (Wildman–Crippen LogP) is 4.38. The Labute approximate surface area is 139 Å². The van der Waals surface area contributed by atoms with Gasteiger partial charge in [-0.25, -0.2) is 4.79 Å². The summed E-state index contributed by atoms with van der Waals surface area (Å²) in [6.45, 7) is 0. The van der Waals surface area contributed by atoms with Gasteiger partial charge in [0.2, 0.25) is 0 Å². The van der Waals surface area contributed by atoms with E-state index in [4.69, 9.17) is 16.7 Å². The normalized spacial score (nSPS) is 16.5. The fraction of sp³-hybridized carbons (Fsp3) is 0.222. The fourth-order valence-electron chi connectivity index (χ4n) is 3.19. The molecule has 0 fully saturated rings. The maximum Gasteiger partial charge on any atom is 0.405 e. The predicted molar refractivity (Wildman–Crippen MR) is 88.9 cm³/mol. The Balaban J connectivity index is 2.02. The summed E-state index contributed by atoms with van der Waals surface area (Å²) in [5.74, 6) is 0. The van der Waals surface area contributed by atoms with Crippen LogP contribution in [0.2, 0.25) is 0 Å². The molecule has 0 unspecified atom stereocenters. The molecule has 23 heavy (non-hydrogen) atoms. The average molecular weight is 330 g/mol. The summed E-state index contributed by atoms with van der Waals surface area (Å²) in [6, 6.07) is 12.9. The number of carbonyl (C=O) groups excluding carboxylic acids is 1. The van der Waals surface area contributed by atoms with E-state index in [1.165, 1.54) is 0 Å². The number of rotatable bonds is 3. The smallest absolute Gasteiger partial charge is 0.405 e. The van der Waals surface area contributed by atoms with Gasteiger partial charge in [0.05, 0.1) is 6.04 Å². The third-order valence-electron chi connectivity index (χ3n) is 4.20. The first-order valence-electron chi connectivity index (χ1n) is 7.48. The molecule has 0 aromatic heterocycles. The molecule has 1 aliphatic rings. The van der Waals surface area contributed by atoms with E-state index in [1.807, 2.05) is 30.3 Å². The van der Waals surface area contributed by atoms with Crippen LogP contribution >= 0.6 is 11.6 Å². The summed E-state index contributed by atoms with van der Waals surface area (Å²) in [5, 5.41) is 11.0. The molecule has 5 heteroatoms. The standard InChI is InChI=1S/C18H16ClNO3/c19-17(21)15-6-2-1-5-13(15)12-8-9-14-11(10-12)4-3-7-16(14)20-18(22)23/h1-2,5-6,8-10,16,20H,3-4,7H2,(H,22,23)/t16-/m1/s1. The minimum absolute atomic E-state index is 0.171. The van der Waals surface area contributed by atoms with Crippen LogP contribution in [0.3, 0.4) is 0 Å². The van der Waals surface area contributed by atoms with Crippen LogP contribution in [0, 0.1) is 0 Å². The van der Waals surface area contributed by atoms with E-state index in [2.05, 4.69) is 5.32 Å². The molecule has 3 rings (SSSR count). The number of benzene rings is 2. The van der Waals surface area contributed by atoms with Crippen molar-refractivity contribution in [1.82, 2.24) is 5.32 Å². The summed E-state index contributed by atoms with van der Waals surface area (Å²) >= 11 is 5.67. The summed E-state index contributed by atoms with van der Waals surface area (Å²) in [7, 11) is 0. The average Bonchev–Trinajstić information content (AvgIpc) is 2.54. The van der Waals surface area contributed by atoms with Gasteiger partial charge in [-0.1, -0.05) is 36.4 Å². The molecule has 118 valence electrons. The van der Waals surface area contributed by atoms with E-state index in [9.17, 15) is 9.59 Å². The molecular weight excluding hydrogens is 314 g/mol. The Morgan fingerprint density at radius 3 is 2.70 bits per heavy atom. The minimum atomic E-state index is -1.01. The third-order valence-corrected chi connectivity index (χ3v) is 4.41. The maximum absolute atomic E-state index is 11.6. The highest BCUT2D eigenvalue weighted by atomic mass is 35.5. The molecule has 4 nitrogen and oxygen atoms in total. The van der Waals surface area contributed by atoms with E-state index in [-0.39, 0.29) is 6.04 Å². The molecule has 0 heterocycles. The first kappa shape index (κ1) is 15.6. The zero-order chi connectivity index (χ0) is 16.4. The summed E-state index contributed by atoms with van der Waals surface area (Å²) in [5.41, 5.74) is 4.32. The molecule has 1 amide bonds. The zero-order valence-electron chi connectivity index (χ0n) is 12.4. The van der Waals surface area contributed by atoms with Crippen molar-refractivity contribution in [2.75, 3.05) is 0 Å². The Kier molecular flexibility index (Phi) is 4.35. The van der Waals surface area contributed by atoms with Crippen molar-refractivity contribution in [1.29, 1.82) is 0 Å². The Bertz CT molecular complexity index is 773. The summed E-state index contributed by atoms with van der Waals surface area (Å²) in [4.78, 5) is 22.5. The second kappa shape index (κ2) is 6.42. The molecule has 0 aliphatic heterocycles. The van der Waals surface area contributed by atoms with Crippen LogP contribution in [-0.4, -0.2) is 16.4 Å². The number of halogens is 1. The molecule has 1 atom stereocenters. The molecule has 2 aromatic carbocycles. The van der Waals surface area contributed by atoms with E-state index < -0.39 is 11.3 Å². The van der Waals surface area contributed by atoms with E-state index >= 15 is 0 Å². The molecular formula is C18H16ClNO3. The Hall–Kier alpha value is -2.33. The zero-order valence-corrected chi connectivity index (χ0v) is 13.1. The first-order valence-corrected chi connectivity index (χ1v) is 7.85. The lowest BCUT2D eigenvalue weighted by molar-refractivity contribution is 0.108. The van der Waals surface area contributed by atoms with Gasteiger partial charge in [0.1, 0.15) is 0 Å². The van der Waals surface area contributed by atoms with Gasteiger partial charge in [-0.3, -0.25) is 4.79 Å². The number of aryl methyl sites for hydroxylation is 1. The van der Waals surface area contributed by atoms with Crippen molar-refractivity contribution in [3.8, 4) is 11.1 Å². The van der Waals surface area contributed by atoms with Crippen LogP contribution in [-0.2, 0) is 6.42 Å². The highest BCUT2D eigenvalue weighted by Crippen LogP contribution is 2.34. The van der Waals surface area contributed by atoms with E-state index in [0.717, 1.165) is 41.5 Å². The Morgan fingerprint density at radius 1 is 1.17 bits per heavy atom. The molecule has 0 radical (unpaired) electrons. The quantitative estimate of drug-likeness (QED) is 0.821. The van der Waals surface area contributed by atoms with Crippen molar-refractivity contribution in [2.45, 2.75) is 25.3 Å². The molecule has 0 saturated heterocycles. The van der Waals surface area contributed by atoms with Crippen molar-refractivity contribution < 1.29 is 14.7 Å². The topological polar surface area (TPSA) is 66.4 Å². The summed E-state index contributed by atoms with van der Waals surface area (Å²) in [6.07, 6.45) is 1.62. The molecule has 2 aromatic rings. The fourth-order valence-corrected chi connectivity index (χ4v) is 3.35. The SMILES string of the molecule is O=C(O)N[C@@H]1CCCc2cc(-c3ccccc3C(=O)Cl)ccc21. The van der Waals surface area contributed by atoms with Crippen molar-refractivity contribution in [3.05, 3.63) is 59.2 Å². The number of fused-ring (bicyclic) bond motifs is 1. The van der Waals surface area contributed by atoms with E-state index in [0.29, 0.717) is 5.56 Å². The second-order valence-electron chi connectivity index (χ2n) is 5.63. The van der Waals surface area contributed by atoms with Crippen LogP contribution in [0.4, 0.5) is 4.79 Å². The van der Waals surface area contributed by atoms with Crippen LogP contribution in [0.1, 0.15) is 40.4 Å². The van der Waals surface area contributed by atoms with E-state index in [1.54, 1.807) is 12.1 Å².